The van der Waals surface area contributed by atoms with E-state index in [1.807, 2.05) is 0 Å². The van der Waals surface area contributed by atoms with Gasteiger partial charge in [-0.25, -0.2) is 8.42 Å². The summed E-state index contributed by atoms with van der Waals surface area (Å²) in [5.74, 6) is -0.113. The summed E-state index contributed by atoms with van der Waals surface area (Å²) in [5.41, 5.74) is 0.458. The molecule has 2 aliphatic rings. The van der Waals surface area contributed by atoms with Crippen LogP contribution in [0.25, 0.3) is 0 Å². The lowest BCUT2D eigenvalue weighted by atomic mass is 10.3. The molecule has 0 saturated carbocycles. The van der Waals surface area contributed by atoms with Crippen LogP contribution in [0.2, 0.25) is 0 Å². The molecule has 0 N–H and O–H groups in total. The summed E-state index contributed by atoms with van der Waals surface area (Å²) in [6.45, 7) is 3.34. The summed E-state index contributed by atoms with van der Waals surface area (Å²) in [4.78, 5) is 14.0. The molecule has 2 aliphatic heterocycles. The number of sulfonamides is 1. The molecule has 1 aromatic heterocycles. The molecule has 0 aliphatic carbocycles. The molecule has 6 nitrogen and oxygen atoms in total. The molecule has 0 aromatic carbocycles. The first kappa shape index (κ1) is 15.0. The maximum Gasteiger partial charge on any atom is 0.254 e. The van der Waals surface area contributed by atoms with Crippen LogP contribution in [0, 0.1) is 0 Å². The summed E-state index contributed by atoms with van der Waals surface area (Å²) in [6.07, 6.45) is 1.81. The highest BCUT2D eigenvalue weighted by atomic mass is 32.2. The van der Waals surface area contributed by atoms with Gasteiger partial charge in [0.15, 0.2) is 0 Å². The maximum atomic E-state index is 12.4. The highest BCUT2D eigenvalue weighted by molar-refractivity contribution is 7.91. The minimum Gasteiger partial charge on any atom is -0.378 e. The van der Waals surface area contributed by atoms with E-state index >= 15 is 0 Å². The van der Waals surface area contributed by atoms with Crippen molar-refractivity contribution in [2.45, 2.75) is 17.1 Å². The fourth-order valence-electron chi connectivity index (χ4n) is 2.57. The first-order valence-electron chi connectivity index (χ1n) is 7.05. The van der Waals surface area contributed by atoms with E-state index in [0.29, 0.717) is 45.0 Å². The molecule has 21 heavy (non-hydrogen) atoms. The van der Waals surface area contributed by atoms with Gasteiger partial charge in [-0.2, -0.15) is 4.31 Å². The molecular formula is C13H18N2O4S2. The number of carbonyl (C=O) groups is 1. The number of ether oxygens (including phenoxy) is 1. The van der Waals surface area contributed by atoms with Crippen molar-refractivity contribution in [1.82, 2.24) is 9.21 Å². The number of carbonyl (C=O) groups excluding carboxylic acids is 1. The van der Waals surface area contributed by atoms with Crippen molar-refractivity contribution in [1.29, 1.82) is 0 Å². The van der Waals surface area contributed by atoms with Gasteiger partial charge in [-0.15, -0.1) is 11.3 Å². The number of rotatable bonds is 3. The Bertz CT molecular complexity index is 614. The van der Waals surface area contributed by atoms with Gasteiger partial charge in [0.05, 0.1) is 18.8 Å². The molecule has 0 radical (unpaired) electrons. The third-order valence-corrected chi connectivity index (χ3v) is 7.09. The van der Waals surface area contributed by atoms with Gasteiger partial charge < -0.3 is 9.64 Å². The minimum atomic E-state index is -3.43. The molecule has 3 rings (SSSR count). The zero-order valence-electron chi connectivity index (χ0n) is 11.7. The molecule has 2 fully saturated rings. The summed E-state index contributed by atoms with van der Waals surface area (Å²) in [7, 11) is -3.43. The fourth-order valence-corrected chi connectivity index (χ4v) is 5.39. The highest BCUT2D eigenvalue weighted by Crippen LogP contribution is 2.27. The topological polar surface area (TPSA) is 66.9 Å². The summed E-state index contributed by atoms with van der Waals surface area (Å²) in [6, 6.07) is 1.51. The Labute approximate surface area is 128 Å². The van der Waals surface area contributed by atoms with Crippen LogP contribution < -0.4 is 0 Å². The standard InChI is InChI=1S/C13H18N2O4S2/c16-13(14-5-7-19-8-6-14)11-9-12(20-10-11)21(17,18)15-3-1-2-4-15/h9-10H,1-8H2. The predicted octanol–water partition coefficient (Wildman–Crippen LogP) is 1.01. The lowest BCUT2D eigenvalue weighted by molar-refractivity contribution is 0.0303. The van der Waals surface area contributed by atoms with Gasteiger partial charge in [0.2, 0.25) is 0 Å². The van der Waals surface area contributed by atoms with E-state index in [1.54, 1.807) is 10.3 Å². The van der Waals surface area contributed by atoms with E-state index in [2.05, 4.69) is 0 Å². The first-order chi connectivity index (χ1) is 10.1. The van der Waals surface area contributed by atoms with Crippen LogP contribution in [0.1, 0.15) is 23.2 Å². The van der Waals surface area contributed by atoms with Gasteiger partial charge in [-0.3, -0.25) is 4.79 Å². The minimum absolute atomic E-state index is 0.113. The monoisotopic (exact) mass is 330 g/mol. The quantitative estimate of drug-likeness (QED) is 0.829. The second-order valence-electron chi connectivity index (χ2n) is 5.17. The van der Waals surface area contributed by atoms with Gasteiger partial charge in [0.1, 0.15) is 4.21 Å². The second-order valence-corrected chi connectivity index (χ2v) is 8.25. The van der Waals surface area contributed by atoms with Crippen molar-refractivity contribution in [3.63, 3.8) is 0 Å². The van der Waals surface area contributed by atoms with Gasteiger partial charge in [0, 0.05) is 31.6 Å². The number of hydrogen-bond donors (Lipinski definition) is 0. The van der Waals surface area contributed by atoms with Crippen LogP contribution in [0.5, 0.6) is 0 Å². The van der Waals surface area contributed by atoms with E-state index in [-0.39, 0.29) is 10.1 Å². The van der Waals surface area contributed by atoms with Crippen LogP contribution in [-0.4, -0.2) is 62.9 Å². The smallest absolute Gasteiger partial charge is 0.254 e. The van der Waals surface area contributed by atoms with Crippen LogP contribution in [-0.2, 0) is 14.8 Å². The molecule has 0 bridgehead atoms. The summed E-state index contributed by atoms with van der Waals surface area (Å²) < 4.78 is 31.9. The number of nitrogens with zero attached hydrogens (tertiary/aromatic N) is 2. The van der Waals surface area contributed by atoms with Crippen LogP contribution in [0.15, 0.2) is 15.7 Å². The molecule has 1 aromatic rings. The molecule has 2 saturated heterocycles. The average molecular weight is 330 g/mol. The van der Waals surface area contributed by atoms with E-state index in [1.165, 1.54) is 10.4 Å². The van der Waals surface area contributed by atoms with Gasteiger partial charge in [0.25, 0.3) is 15.9 Å². The normalized spacial score (nSPS) is 20.9. The van der Waals surface area contributed by atoms with Gasteiger partial charge in [-0.1, -0.05) is 0 Å². The summed E-state index contributed by atoms with van der Waals surface area (Å²) >= 11 is 1.13. The Morgan fingerprint density at radius 3 is 2.48 bits per heavy atom. The molecular weight excluding hydrogens is 312 g/mol. The molecule has 116 valence electrons. The van der Waals surface area contributed by atoms with Crippen molar-refractivity contribution < 1.29 is 17.9 Å². The van der Waals surface area contributed by atoms with Gasteiger partial charge in [-0.05, 0) is 18.9 Å². The molecule has 8 heteroatoms. The van der Waals surface area contributed by atoms with Gasteiger partial charge >= 0.3 is 0 Å². The van der Waals surface area contributed by atoms with E-state index in [4.69, 9.17) is 4.74 Å². The van der Waals surface area contributed by atoms with Crippen molar-refractivity contribution in [3.8, 4) is 0 Å². The predicted molar refractivity (Wildman–Crippen MR) is 79.0 cm³/mol. The van der Waals surface area contributed by atoms with Crippen molar-refractivity contribution in [3.05, 3.63) is 17.0 Å². The van der Waals surface area contributed by atoms with Crippen LogP contribution in [0.3, 0.4) is 0 Å². The van der Waals surface area contributed by atoms with Crippen LogP contribution >= 0.6 is 11.3 Å². The van der Waals surface area contributed by atoms with Crippen LogP contribution in [0.4, 0.5) is 0 Å². The Hall–Kier alpha value is -0.960. The van der Waals surface area contributed by atoms with E-state index in [9.17, 15) is 13.2 Å². The van der Waals surface area contributed by atoms with Crippen molar-refractivity contribution >= 4 is 27.3 Å². The second kappa shape index (κ2) is 6.04. The summed E-state index contributed by atoms with van der Waals surface area (Å²) in [5, 5.41) is 1.64. The average Bonchev–Trinajstić information content (AvgIpc) is 3.19. The first-order valence-corrected chi connectivity index (χ1v) is 9.37. The largest absolute Gasteiger partial charge is 0.378 e. The number of morpholine rings is 1. The van der Waals surface area contributed by atoms with Crippen molar-refractivity contribution in [2.24, 2.45) is 0 Å². The maximum absolute atomic E-state index is 12.4. The molecule has 0 spiro atoms. The Morgan fingerprint density at radius 2 is 1.81 bits per heavy atom. The number of hydrogen-bond acceptors (Lipinski definition) is 5. The highest BCUT2D eigenvalue weighted by Gasteiger charge is 2.30. The Morgan fingerprint density at radius 1 is 1.14 bits per heavy atom. The lowest BCUT2D eigenvalue weighted by Gasteiger charge is -2.26. The Kier molecular flexibility index (Phi) is 4.30. The Balaban J connectivity index is 1.78. The zero-order valence-corrected chi connectivity index (χ0v) is 13.3. The number of amides is 1. The van der Waals surface area contributed by atoms with E-state index < -0.39 is 10.0 Å². The number of thiophene rings is 1. The third-order valence-electron chi connectivity index (χ3n) is 3.78. The van der Waals surface area contributed by atoms with E-state index in [0.717, 1.165) is 24.2 Å². The molecule has 1 amide bonds. The third kappa shape index (κ3) is 2.98. The zero-order chi connectivity index (χ0) is 14.9. The molecule has 0 unspecified atom stereocenters. The van der Waals surface area contributed by atoms with Crippen molar-refractivity contribution in [2.75, 3.05) is 39.4 Å². The molecule has 0 atom stereocenters. The molecule has 3 heterocycles. The lowest BCUT2D eigenvalue weighted by Crippen LogP contribution is -2.40. The SMILES string of the molecule is O=C(c1csc(S(=O)(=O)N2CCCC2)c1)N1CCOCC1. The fraction of sp³-hybridized carbons (Fsp3) is 0.615.